The van der Waals surface area contributed by atoms with Crippen LogP contribution >= 0.6 is 0 Å². The van der Waals surface area contributed by atoms with Crippen molar-refractivity contribution >= 4 is 11.1 Å². The van der Waals surface area contributed by atoms with Gasteiger partial charge < -0.3 is 0 Å². The summed E-state index contributed by atoms with van der Waals surface area (Å²) in [5.41, 5.74) is 16.1. The van der Waals surface area contributed by atoms with Gasteiger partial charge in [0.05, 0.1) is 10.8 Å². The summed E-state index contributed by atoms with van der Waals surface area (Å²) in [6, 6.07) is 69.2. The van der Waals surface area contributed by atoms with Gasteiger partial charge in [-0.15, -0.1) is 0 Å². The summed E-state index contributed by atoms with van der Waals surface area (Å²) in [5.74, 6) is 0.387. The van der Waals surface area contributed by atoms with Gasteiger partial charge >= 0.3 is 0 Å². The standard InChI is InChI=1S/C48H32/c1-4-16-31(17-5-1)32-28-29-38-42(30-32)48(34-20-8-3-9-21-34)41-27-15-14-26-40(41)47(33-18-6-2-7-19-33)39-25-13-12-24-37(39)43-35-22-10-11-23-36(35)44(38)46(48)45(43)47/h1-30,45-46H/t45?,46?,47-,48-/m1/s1. The Morgan fingerprint density at radius 1 is 0.312 bits per heavy atom. The maximum Gasteiger partial charge on any atom is 0.0535 e. The Kier molecular flexibility index (Phi) is 5.18. The van der Waals surface area contributed by atoms with Crippen molar-refractivity contribution in [3.63, 3.8) is 0 Å². The zero-order valence-electron chi connectivity index (χ0n) is 26.5. The van der Waals surface area contributed by atoms with Crippen molar-refractivity contribution in [3.8, 4) is 11.1 Å². The minimum atomic E-state index is -0.378. The van der Waals surface area contributed by atoms with E-state index in [0.717, 1.165) is 0 Å². The molecule has 0 nitrogen and oxygen atoms in total. The molecule has 0 heterocycles. The van der Waals surface area contributed by atoms with E-state index < -0.39 is 0 Å². The molecule has 11 rings (SSSR count). The molecule has 7 aromatic carbocycles. The zero-order chi connectivity index (χ0) is 31.5. The fraction of sp³-hybridized carbons (Fsp3) is 0.0833. The van der Waals surface area contributed by atoms with Crippen LogP contribution in [0.15, 0.2) is 182 Å². The molecule has 0 bridgehead atoms. The minimum Gasteiger partial charge on any atom is -0.0622 e. The van der Waals surface area contributed by atoms with E-state index in [-0.39, 0.29) is 22.7 Å². The fourth-order valence-electron chi connectivity index (χ4n) is 10.7. The van der Waals surface area contributed by atoms with Crippen molar-refractivity contribution in [2.24, 2.45) is 11.8 Å². The molecule has 0 saturated carbocycles. The lowest BCUT2D eigenvalue weighted by molar-refractivity contribution is 0.285. The summed E-state index contributed by atoms with van der Waals surface area (Å²) >= 11 is 0. The minimum absolute atomic E-state index is 0.188. The molecule has 0 N–H and O–H groups in total. The van der Waals surface area contributed by atoms with Gasteiger partial charge in [0.1, 0.15) is 0 Å². The maximum atomic E-state index is 2.54. The first kappa shape index (κ1) is 26.4. The van der Waals surface area contributed by atoms with Gasteiger partial charge in [-0.3, -0.25) is 0 Å². The maximum absolute atomic E-state index is 2.54. The molecule has 0 aromatic heterocycles. The summed E-state index contributed by atoms with van der Waals surface area (Å²) < 4.78 is 0. The molecule has 0 radical (unpaired) electrons. The quantitative estimate of drug-likeness (QED) is 0.188. The molecule has 4 aliphatic carbocycles. The van der Waals surface area contributed by atoms with E-state index in [4.69, 9.17) is 0 Å². The predicted octanol–water partition coefficient (Wildman–Crippen LogP) is 9.01. The van der Waals surface area contributed by atoms with Gasteiger partial charge in [0, 0.05) is 11.8 Å². The van der Waals surface area contributed by atoms with Gasteiger partial charge in [0.15, 0.2) is 0 Å². The molecular weight excluding hydrogens is 577 g/mol. The van der Waals surface area contributed by atoms with Crippen LogP contribution in [0.25, 0.3) is 22.3 Å². The second kappa shape index (κ2) is 9.43. The van der Waals surface area contributed by atoms with Crippen molar-refractivity contribution < 1.29 is 0 Å². The number of benzene rings is 7. The summed E-state index contributed by atoms with van der Waals surface area (Å²) in [6.45, 7) is 0. The SMILES string of the molecule is c1ccc(-c2ccc3c(c2)[C@@]2(c4ccccc4)c4ccccc4[C@@]4(c5ccccc5)c5ccccc5C5=c6ccccc6=C3C2C54)cc1. The molecule has 48 heavy (non-hydrogen) atoms. The van der Waals surface area contributed by atoms with Crippen molar-refractivity contribution in [1.82, 2.24) is 0 Å². The molecule has 224 valence electrons. The average Bonchev–Trinajstić information content (AvgIpc) is 3.66. The second-order valence-electron chi connectivity index (χ2n) is 13.9. The molecule has 4 aliphatic rings. The molecule has 4 atom stereocenters. The molecule has 0 aliphatic heterocycles. The van der Waals surface area contributed by atoms with Gasteiger partial charge in [0.2, 0.25) is 0 Å². The zero-order valence-corrected chi connectivity index (χ0v) is 26.5. The number of fused-ring (bicyclic) bond motifs is 10. The van der Waals surface area contributed by atoms with Crippen LogP contribution < -0.4 is 10.4 Å². The third-order valence-corrected chi connectivity index (χ3v) is 12.1. The Hall–Kier alpha value is -5.72. The van der Waals surface area contributed by atoms with Crippen molar-refractivity contribution in [3.05, 3.63) is 237 Å². The fourth-order valence-corrected chi connectivity index (χ4v) is 10.7. The predicted molar refractivity (Wildman–Crippen MR) is 195 cm³/mol. The second-order valence-corrected chi connectivity index (χ2v) is 13.9. The van der Waals surface area contributed by atoms with E-state index in [1.807, 2.05) is 0 Å². The van der Waals surface area contributed by atoms with E-state index in [1.165, 1.54) is 77.2 Å². The smallest absolute Gasteiger partial charge is 0.0535 e. The Balaban J connectivity index is 1.42. The highest BCUT2D eigenvalue weighted by molar-refractivity contribution is 5.95. The van der Waals surface area contributed by atoms with Gasteiger partial charge in [-0.1, -0.05) is 176 Å². The van der Waals surface area contributed by atoms with Gasteiger partial charge in [0.25, 0.3) is 0 Å². The van der Waals surface area contributed by atoms with E-state index in [9.17, 15) is 0 Å². The lowest BCUT2D eigenvalue weighted by Crippen LogP contribution is -2.55. The summed E-state index contributed by atoms with van der Waals surface area (Å²) in [7, 11) is 0. The largest absolute Gasteiger partial charge is 0.0622 e. The highest BCUT2D eigenvalue weighted by Crippen LogP contribution is 2.73. The first-order valence-corrected chi connectivity index (χ1v) is 17.2. The monoisotopic (exact) mass is 608 g/mol. The first-order valence-electron chi connectivity index (χ1n) is 17.2. The van der Waals surface area contributed by atoms with Crippen LogP contribution in [0.4, 0.5) is 0 Å². The molecule has 7 aromatic rings. The Morgan fingerprint density at radius 3 is 1.33 bits per heavy atom. The Morgan fingerprint density at radius 2 is 0.750 bits per heavy atom. The third-order valence-electron chi connectivity index (χ3n) is 12.1. The average molecular weight is 609 g/mol. The van der Waals surface area contributed by atoms with Gasteiger partial charge in [-0.05, 0) is 83.3 Å². The van der Waals surface area contributed by atoms with Crippen LogP contribution in [0, 0.1) is 11.8 Å². The Bertz CT molecular complexity index is 2560. The first-order chi connectivity index (χ1) is 23.8. The number of rotatable bonds is 3. The normalized spacial score (nSPS) is 23.5. The van der Waals surface area contributed by atoms with Crippen LogP contribution in [-0.2, 0) is 10.8 Å². The highest BCUT2D eigenvalue weighted by Gasteiger charge is 2.69. The Labute approximate surface area is 281 Å². The van der Waals surface area contributed by atoms with Crippen molar-refractivity contribution in [2.75, 3.05) is 0 Å². The summed E-state index contributed by atoms with van der Waals surface area (Å²) in [6.07, 6.45) is 0. The lowest BCUT2D eigenvalue weighted by Gasteiger charge is -2.55. The molecule has 2 unspecified atom stereocenters. The van der Waals surface area contributed by atoms with Crippen molar-refractivity contribution in [2.45, 2.75) is 10.8 Å². The lowest BCUT2D eigenvalue weighted by atomic mass is 9.46. The van der Waals surface area contributed by atoms with Crippen molar-refractivity contribution in [1.29, 1.82) is 0 Å². The molecular formula is C48H32. The molecule has 0 spiro atoms. The van der Waals surface area contributed by atoms with E-state index in [2.05, 4.69) is 182 Å². The van der Waals surface area contributed by atoms with Gasteiger partial charge in [-0.25, -0.2) is 0 Å². The van der Waals surface area contributed by atoms with Crippen LogP contribution in [-0.4, -0.2) is 0 Å². The third kappa shape index (κ3) is 2.99. The van der Waals surface area contributed by atoms with E-state index >= 15 is 0 Å². The number of hydrogen-bond donors (Lipinski definition) is 0. The molecule has 0 saturated heterocycles. The molecule has 0 amide bonds. The van der Waals surface area contributed by atoms with Crippen LogP contribution in [0.3, 0.4) is 0 Å². The van der Waals surface area contributed by atoms with Crippen LogP contribution in [0.1, 0.15) is 44.5 Å². The topological polar surface area (TPSA) is 0 Å². The van der Waals surface area contributed by atoms with E-state index in [1.54, 1.807) is 0 Å². The van der Waals surface area contributed by atoms with Crippen LogP contribution in [0.2, 0.25) is 0 Å². The van der Waals surface area contributed by atoms with Gasteiger partial charge in [-0.2, -0.15) is 0 Å². The summed E-state index contributed by atoms with van der Waals surface area (Å²) in [4.78, 5) is 0. The van der Waals surface area contributed by atoms with E-state index in [0.29, 0.717) is 0 Å². The van der Waals surface area contributed by atoms with Crippen LogP contribution in [0.5, 0.6) is 0 Å². The molecule has 0 heteroatoms. The summed E-state index contributed by atoms with van der Waals surface area (Å²) in [5, 5.41) is 2.78. The molecule has 0 fully saturated rings. The number of hydrogen-bond acceptors (Lipinski definition) is 0. The highest BCUT2D eigenvalue weighted by atomic mass is 14.7.